The summed E-state index contributed by atoms with van der Waals surface area (Å²) in [7, 11) is 0. The van der Waals surface area contributed by atoms with E-state index in [0.717, 1.165) is 19.6 Å². The van der Waals surface area contributed by atoms with E-state index in [4.69, 9.17) is 0 Å². The van der Waals surface area contributed by atoms with Gasteiger partial charge >= 0.3 is 0 Å². The number of anilines is 1. The summed E-state index contributed by atoms with van der Waals surface area (Å²) in [6.45, 7) is 5.17. The minimum Gasteiger partial charge on any atom is -0.395 e. The molecule has 0 spiro atoms. The smallest absolute Gasteiger partial charge is 0.0601 e. The number of nitrogens with zero attached hydrogens (tertiary/aromatic N) is 1. The van der Waals surface area contributed by atoms with E-state index < -0.39 is 0 Å². The molecule has 1 aliphatic rings. The highest BCUT2D eigenvalue weighted by Crippen LogP contribution is 2.26. The van der Waals surface area contributed by atoms with E-state index in [1.54, 1.807) is 0 Å². The van der Waals surface area contributed by atoms with Gasteiger partial charge in [-0.3, -0.25) is 0 Å². The molecular weight excluding hydrogens is 212 g/mol. The van der Waals surface area contributed by atoms with Crippen LogP contribution in [-0.4, -0.2) is 37.4 Å². The molecule has 0 amide bonds. The minimum atomic E-state index is 0.172. The van der Waals surface area contributed by atoms with Crippen LogP contribution in [0, 0.1) is 0 Å². The van der Waals surface area contributed by atoms with Crippen LogP contribution in [0.1, 0.15) is 18.9 Å². The largest absolute Gasteiger partial charge is 0.395 e. The van der Waals surface area contributed by atoms with E-state index in [1.807, 2.05) is 0 Å². The monoisotopic (exact) mass is 234 g/mol. The van der Waals surface area contributed by atoms with Gasteiger partial charge < -0.3 is 15.3 Å². The van der Waals surface area contributed by atoms with Gasteiger partial charge in [-0.25, -0.2) is 0 Å². The summed E-state index contributed by atoms with van der Waals surface area (Å²) in [6.07, 6.45) is 2.39. The molecule has 0 bridgehead atoms. The van der Waals surface area contributed by atoms with Crippen LogP contribution in [0.5, 0.6) is 0 Å². The fourth-order valence-corrected chi connectivity index (χ4v) is 2.54. The van der Waals surface area contributed by atoms with Crippen LogP contribution in [-0.2, 0) is 6.42 Å². The van der Waals surface area contributed by atoms with Gasteiger partial charge in [0.05, 0.1) is 6.61 Å². The second kappa shape index (κ2) is 6.03. The Balaban J connectivity index is 2.07. The molecule has 17 heavy (non-hydrogen) atoms. The van der Waals surface area contributed by atoms with Crippen molar-refractivity contribution >= 4 is 5.69 Å². The van der Waals surface area contributed by atoms with Crippen LogP contribution in [0.25, 0.3) is 0 Å². The summed E-state index contributed by atoms with van der Waals surface area (Å²) in [6, 6.07) is 8.78. The van der Waals surface area contributed by atoms with Gasteiger partial charge in [0.2, 0.25) is 0 Å². The number of aliphatic hydroxyl groups excluding tert-OH is 1. The maximum absolute atomic E-state index is 9.35. The summed E-state index contributed by atoms with van der Waals surface area (Å²) in [4.78, 5) is 2.39. The van der Waals surface area contributed by atoms with Crippen LogP contribution in [0.4, 0.5) is 5.69 Å². The molecule has 0 radical (unpaired) electrons. The highest BCUT2D eigenvalue weighted by molar-refractivity contribution is 5.55. The average Bonchev–Trinajstić information content (AvgIpc) is 2.38. The van der Waals surface area contributed by atoms with Crippen molar-refractivity contribution in [2.24, 2.45) is 0 Å². The Morgan fingerprint density at radius 1 is 1.41 bits per heavy atom. The Hall–Kier alpha value is -1.06. The second-order valence-electron chi connectivity index (χ2n) is 4.62. The third-order valence-electron chi connectivity index (χ3n) is 3.36. The molecule has 0 aliphatic carbocycles. The van der Waals surface area contributed by atoms with Gasteiger partial charge in [-0.05, 0) is 31.0 Å². The van der Waals surface area contributed by atoms with Gasteiger partial charge in [0.25, 0.3) is 0 Å². The van der Waals surface area contributed by atoms with E-state index >= 15 is 0 Å². The Kier molecular flexibility index (Phi) is 4.40. The van der Waals surface area contributed by atoms with Crippen molar-refractivity contribution in [2.45, 2.75) is 25.8 Å². The van der Waals surface area contributed by atoms with Gasteiger partial charge in [0, 0.05) is 24.8 Å². The van der Waals surface area contributed by atoms with E-state index in [9.17, 15) is 5.11 Å². The number of hydrogen-bond acceptors (Lipinski definition) is 3. The SMILES string of the molecule is CCNC(CO)CN1CCCc2ccccc21. The number of para-hydroxylation sites is 1. The molecule has 2 N–H and O–H groups in total. The maximum Gasteiger partial charge on any atom is 0.0601 e. The zero-order valence-electron chi connectivity index (χ0n) is 10.5. The molecule has 1 aromatic carbocycles. The molecule has 2 rings (SSSR count). The van der Waals surface area contributed by atoms with Crippen molar-refractivity contribution in [3.05, 3.63) is 29.8 Å². The summed E-state index contributed by atoms with van der Waals surface area (Å²) in [5.41, 5.74) is 2.78. The predicted molar refractivity (Wildman–Crippen MR) is 71.5 cm³/mol. The van der Waals surface area contributed by atoms with Crippen LogP contribution in [0.2, 0.25) is 0 Å². The lowest BCUT2D eigenvalue weighted by Crippen LogP contribution is -2.45. The highest BCUT2D eigenvalue weighted by Gasteiger charge is 2.18. The van der Waals surface area contributed by atoms with Gasteiger partial charge in [-0.15, -0.1) is 0 Å². The van der Waals surface area contributed by atoms with Gasteiger partial charge in [0.15, 0.2) is 0 Å². The Bertz CT molecular complexity index is 354. The Labute approximate surface area is 103 Å². The number of aryl methyl sites for hydroxylation is 1. The van der Waals surface area contributed by atoms with Gasteiger partial charge in [0.1, 0.15) is 0 Å². The molecular formula is C14H22N2O. The lowest BCUT2D eigenvalue weighted by Gasteiger charge is -2.34. The van der Waals surface area contributed by atoms with Crippen LogP contribution in [0.3, 0.4) is 0 Å². The van der Waals surface area contributed by atoms with Gasteiger partial charge in [-0.1, -0.05) is 25.1 Å². The molecule has 1 aromatic rings. The molecule has 3 heteroatoms. The lowest BCUT2D eigenvalue weighted by atomic mass is 10.0. The van der Waals surface area contributed by atoms with Gasteiger partial charge in [-0.2, -0.15) is 0 Å². The van der Waals surface area contributed by atoms with Crippen LogP contribution in [0.15, 0.2) is 24.3 Å². The van der Waals surface area contributed by atoms with Crippen molar-refractivity contribution in [3.8, 4) is 0 Å². The van der Waals surface area contributed by atoms with Crippen molar-refractivity contribution in [2.75, 3.05) is 31.1 Å². The first-order valence-corrected chi connectivity index (χ1v) is 6.52. The number of fused-ring (bicyclic) bond motifs is 1. The first kappa shape index (κ1) is 12.4. The Morgan fingerprint density at radius 2 is 2.24 bits per heavy atom. The van der Waals surface area contributed by atoms with Crippen LogP contribution >= 0.6 is 0 Å². The first-order valence-electron chi connectivity index (χ1n) is 6.52. The average molecular weight is 234 g/mol. The quantitative estimate of drug-likeness (QED) is 0.808. The van der Waals surface area contributed by atoms with E-state index in [2.05, 4.69) is 41.4 Å². The number of nitrogens with one attached hydrogen (secondary N) is 1. The van der Waals surface area contributed by atoms with E-state index in [0.29, 0.717) is 0 Å². The normalized spacial score (nSPS) is 16.7. The third kappa shape index (κ3) is 2.99. The van der Waals surface area contributed by atoms with E-state index in [1.165, 1.54) is 24.1 Å². The number of likely N-dealkylation sites (N-methyl/N-ethyl adjacent to an activating group) is 1. The molecule has 1 unspecified atom stereocenters. The molecule has 0 saturated heterocycles. The maximum atomic E-state index is 9.35. The predicted octanol–water partition coefficient (Wildman–Crippen LogP) is 1.41. The number of hydrogen-bond donors (Lipinski definition) is 2. The molecule has 0 aromatic heterocycles. The zero-order valence-corrected chi connectivity index (χ0v) is 10.5. The number of benzene rings is 1. The standard InChI is InChI=1S/C14H22N2O/c1-2-15-13(11-17)10-16-9-5-7-12-6-3-4-8-14(12)16/h3-4,6,8,13,15,17H,2,5,7,9-11H2,1H3. The summed E-state index contributed by atoms with van der Waals surface area (Å²) >= 11 is 0. The van der Waals surface area contributed by atoms with Crippen molar-refractivity contribution in [1.82, 2.24) is 5.32 Å². The van der Waals surface area contributed by atoms with Crippen molar-refractivity contribution < 1.29 is 5.11 Å². The molecule has 1 atom stereocenters. The van der Waals surface area contributed by atoms with E-state index in [-0.39, 0.29) is 12.6 Å². The molecule has 0 saturated carbocycles. The molecule has 0 fully saturated rings. The first-order chi connectivity index (χ1) is 8.35. The molecule has 1 heterocycles. The second-order valence-corrected chi connectivity index (χ2v) is 4.62. The van der Waals surface area contributed by atoms with Crippen LogP contribution < -0.4 is 10.2 Å². The highest BCUT2D eigenvalue weighted by atomic mass is 16.3. The summed E-state index contributed by atoms with van der Waals surface area (Å²) < 4.78 is 0. The van der Waals surface area contributed by atoms with Crippen molar-refractivity contribution in [1.29, 1.82) is 0 Å². The fourth-order valence-electron chi connectivity index (χ4n) is 2.54. The molecule has 94 valence electrons. The third-order valence-corrected chi connectivity index (χ3v) is 3.36. The lowest BCUT2D eigenvalue weighted by molar-refractivity contribution is 0.245. The zero-order chi connectivity index (χ0) is 12.1. The number of rotatable bonds is 5. The Morgan fingerprint density at radius 3 is 3.00 bits per heavy atom. The topological polar surface area (TPSA) is 35.5 Å². The molecule has 3 nitrogen and oxygen atoms in total. The van der Waals surface area contributed by atoms with Crippen molar-refractivity contribution in [3.63, 3.8) is 0 Å². The summed E-state index contributed by atoms with van der Waals surface area (Å²) in [5.74, 6) is 0. The minimum absolute atomic E-state index is 0.172. The molecule has 1 aliphatic heterocycles. The fraction of sp³-hybridized carbons (Fsp3) is 0.571. The number of aliphatic hydroxyl groups is 1. The summed E-state index contributed by atoms with van der Waals surface area (Å²) in [5, 5.41) is 12.7.